The van der Waals surface area contributed by atoms with Gasteiger partial charge in [0.15, 0.2) is 17.8 Å². The van der Waals surface area contributed by atoms with Gasteiger partial charge in [0.25, 0.3) is 0 Å². The molecule has 0 aromatic heterocycles. The molecule has 1 fully saturated rings. The first-order chi connectivity index (χ1) is 15.6. The van der Waals surface area contributed by atoms with Crippen LogP contribution in [0.5, 0.6) is 11.5 Å². The minimum atomic E-state index is -0.364. The van der Waals surface area contributed by atoms with Gasteiger partial charge in [-0.1, -0.05) is 43.3 Å². The maximum Gasteiger partial charge on any atom is 0.184 e. The fourth-order valence-electron chi connectivity index (χ4n) is 4.71. The predicted molar refractivity (Wildman–Crippen MR) is 121 cm³/mol. The molecule has 0 bridgehead atoms. The van der Waals surface area contributed by atoms with Crippen LogP contribution in [-0.4, -0.2) is 45.3 Å². The normalized spacial score (nSPS) is 25.4. The molecule has 1 aliphatic carbocycles. The number of rotatable bonds is 8. The molecule has 6 heteroatoms. The molecule has 1 heterocycles. The first-order valence-electron chi connectivity index (χ1n) is 11.0. The smallest absolute Gasteiger partial charge is 0.184 e. The molecule has 1 N–H and O–H groups in total. The summed E-state index contributed by atoms with van der Waals surface area (Å²) in [5.74, 6) is 1.38. The second-order valence-electron chi connectivity index (χ2n) is 8.56. The first kappa shape index (κ1) is 22.8. The van der Waals surface area contributed by atoms with Crippen molar-refractivity contribution in [3.63, 3.8) is 0 Å². The third-order valence-electron chi connectivity index (χ3n) is 6.58. The Bertz CT molecular complexity index is 941. The van der Waals surface area contributed by atoms with Crippen LogP contribution in [-0.2, 0) is 20.8 Å². The van der Waals surface area contributed by atoms with Gasteiger partial charge in [-0.3, -0.25) is 0 Å². The Labute approximate surface area is 189 Å². The third-order valence-corrected chi connectivity index (χ3v) is 6.58. The van der Waals surface area contributed by atoms with E-state index in [1.165, 1.54) is 0 Å². The van der Waals surface area contributed by atoms with Crippen molar-refractivity contribution in [2.45, 2.75) is 38.8 Å². The van der Waals surface area contributed by atoms with Crippen molar-refractivity contribution in [3.05, 3.63) is 70.8 Å². The van der Waals surface area contributed by atoms with E-state index in [9.17, 15) is 5.11 Å². The van der Waals surface area contributed by atoms with Gasteiger partial charge in [-0.2, -0.15) is 0 Å². The van der Waals surface area contributed by atoms with Crippen molar-refractivity contribution in [1.29, 1.82) is 0 Å². The van der Waals surface area contributed by atoms with Gasteiger partial charge in [0, 0.05) is 11.0 Å². The van der Waals surface area contributed by atoms with E-state index < -0.39 is 0 Å². The fraction of sp³-hybridized carbons (Fsp3) is 0.462. The average Bonchev–Trinajstić information content (AvgIpc) is 2.83. The molecule has 2 aromatic carbocycles. The predicted octanol–water partition coefficient (Wildman–Crippen LogP) is 4.42. The Kier molecular flexibility index (Phi) is 7.16. The topological polar surface area (TPSA) is 66.4 Å². The maximum atomic E-state index is 10.2. The van der Waals surface area contributed by atoms with Crippen molar-refractivity contribution >= 4 is 0 Å². The molecule has 1 aliphatic heterocycles. The Hall–Kier alpha value is -2.38. The minimum absolute atomic E-state index is 0.00166. The Balaban J connectivity index is 1.43. The molecule has 172 valence electrons. The fourth-order valence-corrected chi connectivity index (χ4v) is 4.71. The number of methoxy groups -OCH3 is 2. The zero-order valence-corrected chi connectivity index (χ0v) is 19.0. The summed E-state index contributed by atoms with van der Waals surface area (Å²) in [6, 6.07) is 15.8. The highest BCUT2D eigenvalue weighted by atomic mass is 16.7. The summed E-state index contributed by atoms with van der Waals surface area (Å²) in [4.78, 5) is 0. The first-order valence-corrected chi connectivity index (χ1v) is 11.0. The molecule has 32 heavy (non-hydrogen) atoms. The molecule has 1 saturated heterocycles. The monoisotopic (exact) mass is 440 g/mol. The standard InChI is InChI=1S/C26H32O6/c1-26-17-31-25(19-7-5-4-6-8-19)32-24(26)12-10-20(21(26)14-27)16-30-15-18-9-11-22(28-2)23(13-18)29-3/h4-9,11,13,24-25,27H,10,12,14-17H2,1-3H3/t24-,25+,26-/m0/s1. The Morgan fingerprint density at radius 3 is 2.53 bits per heavy atom. The van der Waals surface area contributed by atoms with Gasteiger partial charge in [-0.15, -0.1) is 0 Å². The number of hydrogen-bond donors (Lipinski definition) is 1. The molecule has 0 unspecified atom stereocenters. The van der Waals surface area contributed by atoms with Gasteiger partial charge in [0.1, 0.15) is 0 Å². The van der Waals surface area contributed by atoms with Crippen LogP contribution in [0.2, 0.25) is 0 Å². The second-order valence-corrected chi connectivity index (χ2v) is 8.56. The maximum absolute atomic E-state index is 10.2. The zero-order chi connectivity index (χ0) is 22.6. The van der Waals surface area contributed by atoms with Crippen molar-refractivity contribution in [1.82, 2.24) is 0 Å². The largest absolute Gasteiger partial charge is 0.493 e. The van der Waals surface area contributed by atoms with Gasteiger partial charge >= 0.3 is 0 Å². The zero-order valence-electron chi connectivity index (χ0n) is 19.0. The lowest BCUT2D eigenvalue weighted by atomic mass is 9.69. The van der Waals surface area contributed by atoms with Crippen molar-refractivity contribution in [2.75, 3.05) is 34.0 Å². The quantitative estimate of drug-likeness (QED) is 0.613. The van der Waals surface area contributed by atoms with Crippen LogP contribution in [0.4, 0.5) is 0 Å². The van der Waals surface area contributed by atoms with Crippen LogP contribution in [0.15, 0.2) is 59.7 Å². The average molecular weight is 441 g/mol. The van der Waals surface area contributed by atoms with Gasteiger partial charge in [-0.05, 0) is 41.7 Å². The van der Waals surface area contributed by atoms with Crippen molar-refractivity contribution in [3.8, 4) is 11.5 Å². The summed E-state index contributed by atoms with van der Waals surface area (Å²) < 4.78 is 29.1. The summed E-state index contributed by atoms with van der Waals surface area (Å²) in [5.41, 5.74) is 3.78. The summed E-state index contributed by atoms with van der Waals surface area (Å²) in [6.07, 6.45) is 1.35. The SMILES string of the molecule is COc1ccc(COCC2=C(CO)[C@]3(C)CO[C@@H](c4ccccc4)O[C@H]3CC2)cc1OC. The summed E-state index contributed by atoms with van der Waals surface area (Å²) in [6.45, 7) is 3.52. The van der Waals surface area contributed by atoms with Crippen LogP contribution in [0.25, 0.3) is 0 Å². The summed E-state index contributed by atoms with van der Waals surface area (Å²) in [7, 11) is 3.24. The number of fused-ring (bicyclic) bond motifs is 1. The highest BCUT2D eigenvalue weighted by molar-refractivity contribution is 5.42. The highest BCUT2D eigenvalue weighted by Gasteiger charge is 2.47. The molecule has 6 nitrogen and oxygen atoms in total. The van der Waals surface area contributed by atoms with Crippen LogP contribution < -0.4 is 9.47 Å². The molecule has 0 spiro atoms. The van der Waals surface area contributed by atoms with Crippen LogP contribution in [0.1, 0.15) is 37.2 Å². The number of benzene rings is 2. The lowest BCUT2D eigenvalue weighted by molar-refractivity contribution is -0.264. The summed E-state index contributed by atoms with van der Waals surface area (Å²) >= 11 is 0. The number of hydrogen-bond acceptors (Lipinski definition) is 6. The molecule has 3 atom stereocenters. The molecule has 0 saturated carbocycles. The van der Waals surface area contributed by atoms with E-state index in [1.54, 1.807) is 14.2 Å². The van der Waals surface area contributed by atoms with Gasteiger partial charge in [0.05, 0.1) is 46.8 Å². The van der Waals surface area contributed by atoms with Crippen molar-refractivity contribution in [2.24, 2.45) is 5.41 Å². The van der Waals surface area contributed by atoms with E-state index in [4.69, 9.17) is 23.7 Å². The number of aliphatic hydroxyl groups is 1. The highest BCUT2D eigenvalue weighted by Crippen LogP contribution is 2.48. The minimum Gasteiger partial charge on any atom is -0.493 e. The van der Waals surface area contributed by atoms with Crippen LogP contribution >= 0.6 is 0 Å². The van der Waals surface area contributed by atoms with E-state index in [0.29, 0.717) is 31.3 Å². The number of aliphatic hydroxyl groups excluding tert-OH is 1. The second kappa shape index (κ2) is 10.0. The van der Waals surface area contributed by atoms with Gasteiger partial charge in [0.2, 0.25) is 0 Å². The molecule has 2 aliphatic rings. The molecule has 4 rings (SSSR count). The van der Waals surface area contributed by atoms with E-state index in [-0.39, 0.29) is 24.4 Å². The molecular formula is C26H32O6. The van der Waals surface area contributed by atoms with Gasteiger partial charge < -0.3 is 28.8 Å². The summed E-state index contributed by atoms with van der Waals surface area (Å²) in [5, 5.41) is 10.2. The molecule has 0 amide bonds. The van der Waals surface area contributed by atoms with E-state index in [0.717, 1.165) is 35.1 Å². The Morgan fingerprint density at radius 1 is 1.03 bits per heavy atom. The number of ether oxygens (including phenoxy) is 5. The molecule has 2 aromatic rings. The molecular weight excluding hydrogens is 408 g/mol. The van der Waals surface area contributed by atoms with E-state index >= 15 is 0 Å². The van der Waals surface area contributed by atoms with Crippen LogP contribution in [0.3, 0.4) is 0 Å². The Morgan fingerprint density at radius 2 is 1.81 bits per heavy atom. The molecule has 0 radical (unpaired) electrons. The lowest BCUT2D eigenvalue weighted by Gasteiger charge is -2.48. The van der Waals surface area contributed by atoms with Crippen molar-refractivity contribution < 1.29 is 28.8 Å². The third kappa shape index (κ3) is 4.55. The van der Waals surface area contributed by atoms with Gasteiger partial charge in [-0.25, -0.2) is 0 Å². The van der Waals surface area contributed by atoms with Crippen LogP contribution in [0, 0.1) is 5.41 Å². The van der Waals surface area contributed by atoms with E-state index in [2.05, 4.69) is 6.92 Å². The van der Waals surface area contributed by atoms with E-state index in [1.807, 2.05) is 48.5 Å². The lowest BCUT2D eigenvalue weighted by Crippen LogP contribution is -2.49.